The third kappa shape index (κ3) is 5.38. The van der Waals surface area contributed by atoms with Crippen LogP contribution in [-0.2, 0) is 6.54 Å². The van der Waals surface area contributed by atoms with Gasteiger partial charge in [-0.05, 0) is 30.9 Å². The number of nitrogens with zero attached hydrogens (tertiary/aromatic N) is 1. The van der Waals surface area contributed by atoms with Crippen molar-refractivity contribution in [3.63, 3.8) is 0 Å². The number of hydrogen-bond acceptors (Lipinski definition) is 5. The zero-order chi connectivity index (χ0) is 15.0. The van der Waals surface area contributed by atoms with Crippen molar-refractivity contribution in [3.8, 4) is 5.75 Å². The molecule has 0 heterocycles. The average Bonchev–Trinajstić information content (AvgIpc) is 2.45. The number of nitrogens with one attached hydrogen (secondary N) is 1. The highest BCUT2D eigenvalue weighted by atomic mass is 32.2. The zero-order valence-electron chi connectivity index (χ0n) is 12.2. The fourth-order valence-electron chi connectivity index (χ4n) is 1.81. The number of benzene rings is 1. The second-order valence-electron chi connectivity index (χ2n) is 4.52. The highest BCUT2D eigenvalue weighted by molar-refractivity contribution is 7.99. The van der Waals surface area contributed by atoms with Crippen LogP contribution in [0.1, 0.15) is 25.8 Å². The van der Waals surface area contributed by atoms with E-state index in [0.29, 0.717) is 18.3 Å². The number of non-ortho nitro benzene ring substituents is 1. The molecule has 1 atom stereocenters. The summed E-state index contributed by atoms with van der Waals surface area (Å²) in [4.78, 5) is 10.4. The molecule has 0 bridgehead atoms. The van der Waals surface area contributed by atoms with Crippen LogP contribution >= 0.6 is 11.8 Å². The van der Waals surface area contributed by atoms with Crippen molar-refractivity contribution < 1.29 is 9.66 Å². The van der Waals surface area contributed by atoms with Crippen LogP contribution in [0.4, 0.5) is 5.69 Å². The van der Waals surface area contributed by atoms with E-state index in [1.165, 1.54) is 6.07 Å². The molecule has 1 unspecified atom stereocenters. The van der Waals surface area contributed by atoms with Crippen molar-refractivity contribution in [1.82, 2.24) is 5.32 Å². The van der Waals surface area contributed by atoms with E-state index in [0.717, 1.165) is 23.5 Å². The Hall–Kier alpha value is -1.27. The molecule has 0 radical (unpaired) electrons. The van der Waals surface area contributed by atoms with Gasteiger partial charge in [-0.2, -0.15) is 11.8 Å². The molecule has 0 fully saturated rings. The maximum atomic E-state index is 10.8. The van der Waals surface area contributed by atoms with E-state index in [4.69, 9.17) is 4.74 Å². The first-order chi connectivity index (χ1) is 9.58. The Morgan fingerprint density at radius 1 is 1.50 bits per heavy atom. The zero-order valence-corrected chi connectivity index (χ0v) is 13.0. The van der Waals surface area contributed by atoms with Gasteiger partial charge in [0.15, 0.2) is 0 Å². The first kappa shape index (κ1) is 16.8. The molecule has 1 rings (SSSR count). The summed E-state index contributed by atoms with van der Waals surface area (Å²) in [6.45, 7) is 4.85. The third-order valence-electron chi connectivity index (χ3n) is 3.02. The lowest BCUT2D eigenvalue weighted by Crippen LogP contribution is -2.26. The smallest absolute Gasteiger partial charge is 0.270 e. The molecule has 0 amide bonds. The number of nitro benzene ring substituents is 1. The predicted molar refractivity (Wildman–Crippen MR) is 83.6 cm³/mol. The fraction of sp³-hybridized carbons (Fsp3) is 0.571. The van der Waals surface area contributed by atoms with Crippen molar-refractivity contribution in [1.29, 1.82) is 0 Å². The van der Waals surface area contributed by atoms with Gasteiger partial charge >= 0.3 is 0 Å². The molecule has 1 aromatic carbocycles. The van der Waals surface area contributed by atoms with Gasteiger partial charge in [0.25, 0.3) is 5.69 Å². The van der Waals surface area contributed by atoms with Gasteiger partial charge in [-0.15, -0.1) is 0 Å². The van der Waals surface area contributed by atoms with E-state index in [2.05, 4.69) is 19.2 Å². The van der Waals surface area contributed by atoms with Crippen LogP contribution in [0.5, 0.6) is 5.75 Å². The van der Waals surface area contributed by atoms with Gasteiger partial charge in [0.05, 0.1) is 12.0 Å². The van der Waals surface area contributed by atoms with Crippen molar-refractivity contribution in [2.24, 2.45) is 0 Å². The number of thioether (sulfide) groups is 1. The minimum atomic E-state index is -0.385. The van der Waals surface area contributed by atoms with Gasteiger partial charge in [0.2, 0.25) is 0 Å². The van der Waals surface area contributed by atoms with Gasteiger partial charge in [0.1, 0.15) is 5.75 Å². The number of nitro groups is 1. The minimum absolute atomic E-state index is 0.0943. The van der Waals surface area contributed by atoms with E-state index in [1.807, 2.05) is 11.8 Å². The molecular formula is C14H22N2O3S. The summed E-state index contributed by atoms with van der Waals surface area (Å²) in [5, 5.41) is 14.2. The van der Waals surface area contributed by atoms with Crippen molar-refractivity contribution in [2.45, 2.75) is 32.9 Å². The second kappa shape index (κ2) is 8.81. The molecular weight excluding hydrogens is 276 g/mol. The van der Waals surface area contributed by atoms with Crippen molar-refractivity contribution in [3.05, 3.63) is 33.9 Å². The molecule has 1 N–H and O–H groups in total. The van der Waals surface area contributed by atoms with Gasteiger partial charge in [-0.25, -0.2) is 0 Å². The number of ether oxygens (including phenoxy) is 1. The topological polar surface area (TPSA) is 64.4 Å². The Balaban J connectivity index is 2.61. The SMILES string of the molecule is CCSCCC(C)NCc1cc([N+](=O)[O-])ccc1OC. The van der Waals surface area contributed by atoms with Gasteiger partial charge in [0, 0.05) is 30.3 Å². The van der Waals surface area contributed by atoms with E-state index in [9.17, 15) is 10.1 Å². The van der Waals surface area contributed by atoms with Crippen LogP contribution in [0.3, 0.4) is 0 Å². The van der Waals surface area contributed by atoms with Crippen LogP contribution < -0.4 is 10.1 Å². The Morgan fingerprint density at radius 3 is 2.85 bits per heavy atom. The Kier molecular flexibility index (Phi) is 7.40. The minimum Gasteiger partial charge on any atom is -0.496 e. The molecule has 0 aromatic heterocycles. The highest BCUT2D eigenvalue weighted by Gasteiger charge is 2.12. The molecule has 1 aromatic rings. The van der Waals surface area contributed by atoms with Crippen LogP contribution in [0, 0.1) is 10.1 Å². The molecule has 0 saturated heterocycles. The van der Waals surface area contributed by atoms with E-state index in [1.54, 1.807) is 19.2 Å². The summed E-state index contributed by atoms with van der Waals surface area (Å²) in [5.41, 5.74) is 0.911. The first-order valence-corrected chi connectivity index (χ1v) is 7.86. The molecule has 5 nitrogen and oxygen atoms in total. The van der Waals surface area contributed by atoms with Crippen LogP contribution in [0.25, 0.3) is 0 Å². The molecule has 0 aliphatic rings. The van der Waals surface area contributed by atoms with Crippen molar-refractivity contribution >= 4 is 17.4 Å². The third-order valence-corrected chi connectivity index (χ3v) is 3.95. The van der Waals surface area contributed by atoms with E-state index < -0.39 is 0 Å². The van der Waals surface area contributed by atoms with Crippen LogP contribution in [0.2, 0.25) is 0 Å². The molecule has 112 valence electrons. The second-order valence-corrected chi connectivity index (χ2v) is 5.91. The predicted octanol–water partition coefficient (Wildman–Crippen LogP) is 3.22. The maximum absolute atomic E-state index is 10.8. The molecule has 20 heavy (non-hydrogen) atoms. The van der Waals surface area contributed by atoms with Gasteiger partial charge < -0.3 is 10.1 Å². The molecule has 0 spiro atoms. The van der Waals surface area contributed by atoms with Crippen molar-refractivity contribution in [2.75, 3.05) is 18.6 Å². The number of methoxy groups -OCH3 is 1. The maximum Gasteiger partial charge on any atom is 0.270 e. The summed E-state index contributed by atoms with van der Waals surface area (Å²) in [6, 6.07) is 5.05. The number of hydrogen-bond donors (Lipinski definition) is 1. The Morgan fingerprint density at radius 2 is 2.25 bits per heavy atom. The molecule has 0 aliphatic heterocycles. The number of rotatable bonds is 9. The summed E-state index contributed by atoms with van der Waals surface area (Å²) in [5.74, 6) is 2.93. The van der Waals surface area contributed by atoms with E-state index in [-0.39, 0.29) is 10.6 Å². The molecule has 0 saturated carbocycles. The van der Waals surface area contributed by atoms with Gasteiger partial charge in [-0.1, -0.05) is 6.92 Å². The average molecular weight is 298 g/mol. The van der Waals surface area contributed by atoms with Gasteiger partial charge in [-0.3, -0.25) is 10.1 Å². The summed E-state index contributed by atoms with van der Waals surface area (Å²) in [7, 11) is 1.58. The summed E-state index contributed by atoms with van der Waals surface area (Å²) in [6.07, 6.45) is 1.08. The Bertz CT molecular complexity index is 440. The lowest BCUT2D eigenvalue weighted by molar-refractivity contribution is -0.384. The van der Waals surface area contributed by atoms with E-state index >= 15 is 0 Å². The summed E-state index contributed by atoms with van der Waals surface area (Å²) >= 11 is 1.92. The first-order valence-electron chi connectivity index (χ1n) is 6.70. The lowest BCUT2D eigenvalue weighted by Gasteiger charge is -2.15. The normalized spacial score (nSPS) is 12.2. The Labute approximate surface area is 124 Å². The standard InChI is InChI=1S/C14H22N2O3S/c1-4-20-8-7-11(2)15-10-12-9-13(16(17)18)5-6-14(12)19-3/h5-6,9,11,15H,4,7-8,10H2,1-3H3. The summed E-state index contributed by atoms with van der Waals surface area (Å²) < 4.78 is 5.24. The van der Waals surface area contributed by atoms with Crippen LogP contribution in [0.15, 0.2) is 18.2 Å². The largest absolute Gasteiger partial charge is 0.496 e. The lowest BCUT2D eigenvalue weighted by atomic mass is 10.1. The van der Waals surface area contributed by atoms with Crippen LogP contribution in [-0.4, -0.2) is 29.6 Å². The highest BCUT2D eigenvalue weighted by Crippen LogP contribution is 2.24. The molecule has 0 aliphatic carbocycles. The monoisotopic (exact) mass is 298 g/mol. The fourth-order valence-corrected chi connectivity index (χ4v) is 2.62. The molecule has 6 heteroatoms. The quantitative estimate of drug-likeness (QED) is 0.431.